The Kier molecular flexibility index (Phi) is 8.12. The summed E-state index contributed by atoms with van der Waals surface area (Å²) in [5.41, 5.74) is 0. The summed E-state index contributed by atoms with van der Waals surface area (Å²) < 4.78 is 7.68. The van der Waals surface area contributed by atoms with E-state index < -0.39 is 8.32 Å². The van der Waals surface area contributed by atoms with Gasteiger partial charge in [-0.1, -0.05) is 54.0 Å². The molecule has 0 N–H and O–H groups in total. The van der Waals surface area contributed by atoms with Crippen molar-refractivity contribution in [2.24, 2.45) is 11.8 Å². The van der Waals surface area contributed by atoms with Crippen molar-refractivity contribution >= 4 is 40.2 Å². The zero-order chi connectivity index (χ0) is 15.4. The van der Waals surface area contributed by atoms with Crippen LogP contribution in [0.4, 0.5) is 0 Å². The lowest BCUT2D eigenvalue weighted by atomic mass is 9.92. The van der Waals surface area contributed by atoms with E-state index in [4.69, 9.17) is 4.43 Å². The van der Waals surface area contributed by atoms with E-state index in [1.165, 1.54) is 0 Å². The molecule has 0 saturated carbocycles. The number of hydrogen-bond donors (Lipinski definition) is 0. The lowest BCUT2D eigenvalue weighted by Gasteiger charge is -2.42. The van der Waals surface area contributed by atoms with Crippen molar-refractivity contribution in [2.45, 2.75) is 72.2 Å². The van der Waals surface area contributed by atoms with Crippen molar-refractivity contribution < 1.29 is 4.43 Å². The molecular weight excluding hydrogens is 384 g/mol. The highest BCUT2D eigenvalue weighted by Crippen LogP contribution is 2.39. The second kappa shape index (κ2) is 7.76. The quantitative estimate of drug-likeness (QED) is 0.440. The third-order valence-electron chi connectivity index (χ3n) is 4.35. The third kappa shape index (κ3) is 6.45. The molecule has 0 unspecified atom stereocenters. The normalized spacial score (nSPS) is 17.8. The van der Waals surface area contributed by atoms with Crippen molar-refractivity contribution in [3.8, 4) is 0 Å². The number of hydrogen-bond acceptors (Lipinski definition) is 1. The van der Waals surface area contributed by atoms with Crippen molar-refractivity contribution in [3.63, 3.8) is 0 Å². The van der Waals surface area contributed by atoms with E-state index >= 15 is 0 Å². The number of rotatable bonds is 6. The van der Waals surface area contributed by atoms with Crippen molar-refractivity contribution in [1.82, 2.24) is 0 Å². The van der Waals surface area contributed by atoms with Gasteiger partial charge in [0.2, 0.25) is 0 Å². The Morgan fingerprint density at radius 3 is 2.00 bits per heavy atom. The van der Waals surface area contributed by atoms with Crippen LogP contribution < -0.4 is 0 Å². The monoisotopic (exact) mass is 412 g/mol. The molecule has 19 heavy (non-hydrogen) atoms. The maximum Gasteiger partial charge on any atom is 0.192 e. The molecule has 114 valence electrons. The molecule has 0 saturated heterocycles. The minimum atomic E-state index is -1.72. The Hall–Kier alpha value is 0.877. The largest absolute Gasteiger partial charge is 0.413 e. The molecule has 0 aromatic carbocycles. The van der Waals surface area contributed by atoms with Gasteiger partial charge in [0, 0.05) is 5.92 Å². The highest BCUT2D eigenvalue weighted by molar-refractivity contribution is 9.28. The van der Waals surface area contributed by atoms with E-state index in [1.807, 2.05) is 0 Å². The molecule has 0 rings (SSSR count). The topological polar surface area (TPSA) is 9.23 Å². The molecule has 0 heterocycles. The highest BCUT2D eigenvalue weighted by atomic mass is 79.9. The molecule has 0 spiro atoms. The summed E-state index contributed by atoms with van der Waals surface area (Å²) in [6.45, 7) is 18.3. The summed E-state index contributed by atoms with van der Waals surface area (Å²) in [5.74, 6) is 0.970. The Balaban J connectivity index is 5.14. The van der Waals surface area contributed by atoms with Gasteiger partial charge in [0.1, 0.15) is 0 Å². The second-order valence-corrected chi connectivity index (χ2v) is 14.6. The Bertz CT molecular complexity index is 304. The average Bonchev–Trinajstić information content (AvgIpc) is 2.22. The van der Waals surface area contributed by atoms with Crippen LogP contribution in [-0.4, -0.2) is 14.4 Å². The van der Waals surface area contributed by atoms with Gasteiger partial charge >= 0.3 is 0 Å². The molecule has 0 aromatic heterocycles. The molecule has 1 nitrogen and oxygen atoms in total. The molecule has 0 aliphatic heterocycles. The van der Waals surface area contributed by atoms with Crippen molar-refractivity contribution in [2.75, 3.05) is 0 Å². The van der Waals surface area contributed by atoms with E-state index in [9.17, 15) is 0 Å². The lowest BCUT2D eigenvalue weighted by Crippen LogP contribution is -2.47. The molecule has 3 atom stereocenters. The summed E-state index contributed by atoms with van der Waals surface area (Å²) in [6, 6.07) is 0. The van der Waals surface area contributed by atoms with Crippen LogP contribution in [0.3, 0.4) is 0 Å². The molecule has 4 heteroatoms. The van der Waals surface area contributed by atoms with Gasteiger partial charge in [-0.25, -0.2) is 0 Å². The van der Waals surface area contributed by atoms with Crippen LogP contribution in [0.1, 0.15) is 48.0 Å². The predicted molar refractivity (Wildman–Crippen MR) is 96.6 cm³/mol. The second-order valence-electron chi connectivity index (χ2n) is 7.04. The summed E-state index contributed by atoms with van der Waals surface area (Å²) in [7, 11) is -1.72. The fourth-order valence-electron chi connectivity index (χ4n) is 1.78. The average molecular weight is 414 g/mol. The zero-order valence-corrected chi connectivity index (χ0v) is 17.9. The number of halogens is 2. The van der Waals surface area contributed by atoms with Gasteiger partial charge in [0.25, 0.3) is 0 Å². The van der Waals surface area contributed by atoms with Crippen LogP contribution in [0.2, 0.25) is 18.1 Å². The van der Waals surface area contributed by atoms with Crippen LogP contribution in [0, 0.1) is 11.8 Å². The minimum absolute atomic E-state index is 0.258. The van der Waals surface area contributed by atoms with Gasteiger partial charge in [-0.2, -0.15) is 0 Å². The fraction of sp³-hybridized carbons (Fsp3) is 0.867. The first-order valence-corrected chi connectivity index (χ1v) is 11.6. The zero-order valence-electron chi connectivity index (χ0n) is 13.7. The molecule has 0 amide bonds. The van der Waals surface area contributed by atoms with Gasteiger partial charge in [-0.3, -0.25) is 0 Å². The molecule has 0 aromatic rings. The fourth-order valence-corrected chi connectivity index (χ4v) is 4.10. The van der Waals surface area contributed by atoms with Crippen LogP contribution in [-0.2, 0) is 4.43 Å². The summed E-state index contributed by atoms with van der Waals surface area (Å²) in [6.07, 6.45) is 3.64. The summed E-state index contributed by atoms with van der Waals surface area (Å²) in [4.78, 5) is 0. The summed E-state index contributed by atoms with van der Waals surface area (Å²) >= 11 is 6.93. The SMILES string of the molecule is CC[C@H](C)[C@@H](O[Si](C)(C)C(C)(C)C)[C@@H](C)C=C(Br)Br. The first-order valence-electron chi connectivity index (χ1n) is 7.13. The summed E-state index contributed by atoms with van der Waals surface area (Å²) in [5, 5.41) is 0.258. The van der Waals surface area contributed by atoms with Gasteiger partial charge in [0.05, 0.1) is 9.50 Å². The first kappa shape index (κ1) is 19.9. The van der Waals surface area contributed by atoms with Gasteiger partial charge in [-0.05, 0) is 55.9 Å². The minimum Gasteiger partial charge on any atom is -0.413 e. The molecule has 0 aliphatic carbocycles. The van der Waals surface area contributed by atoms with E-state index in [1.54, 1.807) is 0 Å². The van der Waals surface area contributed by atoms with Crippen LogP contribution in [0.25, 0.3) is 0 Å². The van der Waals surface area contributed by atoms with Crippen LogP contribution in [0.15, 0.2) is 9.47 Å². The van der Waals surface area contributed by atoms with Crippen molar-refractivity contribution in [1.29, 1.82) is 0 Å². The molecule has 0 radical (unpaired) electrons. The molecule has 0 aliphatic rings. The van der Waals surface area contributed by atoms with E-state index in [0.717, 1.165) is 9.81 Å². The Labute approximate surface area is 138 Å². The third-order valence-corrected chi connectivity index (χ3v) is 9.35. The molecule has 0 fully saturated rings. The molecule has 0 bridgehead atoms. The van der Waals surface area contributed by atoms with E-state index in [0.29, 0.717) is 11.8 Å². The Morgan fingerprint density at radius 1 is 1.21 bits per heavy atom. The standard InChI is InChI=1S/C15H30Br2OSi/c1-9-11(2)14(12(3)10-13(16)17)18-19(7,8)15(4,5)6/h10-12,14H,9H2,1-8H3/t11-,12-,14+/m0/s1. The smallest absolute Gasteiger partial charge is 0.192 e. The highest BCUT2D eigenvalue weighted by Gasteiger charge is 2.40. The Morgan fingerprint density at radius 2 is 1.68 bits per heavy atom. The molecular formula is C15H30Br2OSi. The van der Waals surface area contributed by atoms with Gasteiger partial charge in [0.15, 0.2) is 8.32 Å². The van der Waals surface area contributed by atoms with Crippen molar-refractivity contribution in [3.05, 3.63) is 9.47 Å². The first-order chi connectivity index (χ1) is 8.42. The maximum absolute atomic E-state index is 6.67. The maximum atomic E-state index is 6.67. The van der Waals surface area contributed by atoms with E-state index in [2.05, 4.69) is 92.6 Å². The van der Waals surface area contributed by atoms with Gasteiger partial charge < -0.3 is 4.43 Å². The van der Waals surface area contributed by atoms with E-state index in [-0.39, 0.29) is 11.1 Å². The van der Waals surface area contributed by atoms with Gasteiger partial charge in [-0.15, -0.1) is 0 Å². The van der Waals surface area contributed by atoms with Crippen LogP contribution in [0.5, 0.6) is 0 Å². The van der Waals surface area contributed by atoms with Crippen LogP contribution >= 0.6 is 31.9 Å². The predicted octanol–water partition coefficient (Wildman–Crippen LogP) is 6.69. The lowest BCUT2D eigenvalue weighted by molar-refractivity contribution is 0.0909.